The summed E-state index contributed by atoms with van der Waals surface area (Å²) >= 11 is 0. The van der Waals surface area contributed by atoms with Crippen LogP contribution in [-0.2, 0) is 16.0 Å². The number of carbonyl (C=O) groups excluding carboxylic acids is 2. The van der Waals surface area contributed by atoms with Crippen LogP contribution in [0.15, 0.2) is 48.5 Å². The lowest BCUT2D eigenvalue weighted by Gasteiger charge is -2.29. The average molecular weight is 437 g/mol. The van der Waals surface area contributed by atoms with Gasteiger partial charge in [0, 0.05) is 38.3 Å². The van der Waals surface area contributed by atoms with Crippen LogP contribution in [0, 0.1) is 11.3 Å². The van der Waals surface area contributed by atoms with E-state index >= 15 is 0 Å². The first-order chi connectivity index (χ1) is 15.5. The molecule has 3 N–H and O–H groups in total. The highest BCUT2D eigenvalue weighted by Gasteiger charge is 2.47. The molecule has 7 heteroatoms. The SMILES string of the molecule is CNC(=O)C1(Cc2ccc(-c3ccccc3OC)cc2)CCN(C(=O)C2CNNC2C)C1. The summed E-state index contributed by atoms with van der Waals surface area (Å²) < 4.78 is 5.48. The Kier molecular flexibility index (Phi) is 6.48. The van der Waals surface area contributed by atoms with Crippen molar-refractivity contribution < 1.29 is 14.3 Å². The number of nitrogens with one attached hydrogen (secondary N) is 3. The van der Waals surface area contributed by atoms with Gasteiger partial charge in [-0.2, -0.15) is 0 Å². The van der Waals surface area contributed by atoms with E-state index < -0.39 is 5.41 Å². The predicted molar refractivity (Wildman–Crippen MR) is 124 cm³/mol. The summed E-state index contributed by atoms with van der Waals surface area (Å²) in [5.41, 5.74) is 8.75. The van der Waals surface area contributed by atoms with E-state index in [0.717, 1.165) is 22.4 Å². The molecule has 2 aliphatic rings. The van der Waals surface area contributed by atoms with Gasteiger partial charge in [0.05, 0.1) is 18.4 Å². The van der Waals surface area contributed by atoms with Crippen LogP contribution in [0.3, 0.4) is 0 Å². The van der Waals surface area contributed by atoms with E-state index in [4.69, 9.17) is 4.74 Å². The summed E-state index contributed by atoms with van der Waals surface area (Å²) in [5.74, 6) is 0.845. The van der Waals surface area contributed by atoms with Crippen LogP contribution in [0.5, 0.6) is 5.75 Å². The molecule has 4 rings (SSSR count). The minimum absolute atomic E-state index is 0.00248. The third-order valence-corrected chi connectivity index (χ3v) is 6.86. The highest BCUT2D eigenvalue weighted by molar-refractivity contribution is 5.86. The van der Waals surface area contributed by atoms with Crippen LogP contribution in [0.1, 0.15) is 18.9 Å². The minimum atomic E-state index is -0.612. The Morgan fingerprint density at radius 3 is 2.59 bits per heavy atom. The number of likely N-dealkylation sites (tertiary alicyclic amines) is 1. The van der Waals surface area contributed by atoms with Gasteiger partial charge in [0.15, 0.2) is 0 Å². The number of para-hydroxylation sites is 1. The topological polar surface area (TPSA) is 82.7 Å². The number of ether oxygens (including phenoxy) is 1. The molecule has 0 aliphatic carbocycles. The van der Waals surface area contributed by atoms with Crippen molar-refractivity contribution in [2.24, 2.45) is 11.3 Å². The van der Waals surface area contributed by atoms with E-state index in [1.54, 1.807) is 14.2 Å². The van der Waals surface area contributed by atoms with Gasteiger partial charge in [-0.3, -0.25) is 20.4 Å². The molecular formula is C25H32N4O3. The quantitative estimate of drug-likeness (QED) is 0.645. The van der Waals surface area contributed by atoms with Gasteiger partial charge in [-0.1, -0.05) is 42.5 Å². The van der Waals surface area contributed by atoms with Crippen LogP contribution in [0.4, 0.5) is 0 Å². The molecule has 0 radical (unpaired) electrons. The van der Waals surface area contributed by atoms with E-state index in [-0.39, 0.29) is 23.8 Å². The maximum absolute atomic E-state index is 13.1. The molecule has 0 saturated carbocycles. The molecule has 0 aromatic heterocycles. The number of methoxy groups -OCH3 is 1. The zero-order valence-corrected chi connectivity index (χ0v) is 19.0. The van der Waals surface area contributed by atoms with E-state index in [2.05, 4.69) is 40.4 Å². The van der Waals surface area contributed by atoms with Gasteiger partial charge in [-0.05, 0) is 37.0 Å². The lowest BCUT2D eigenvalue weighted by Crippen LogP contribution is -2.46. The molecule has 2 aromatic carbocycles. The van der Waals surface area contributed by atoms with Crippen LogP contribution in [-0.4, -0.2) is 56.5 Å². The van der Waals surface area contributed by atoms with E-state index in [0.29, 0.717) is 32.5 Å². The monoisotopic (exact) mass is 436 g/mol. The Morgan fingerprint density at radius 2 is 1.94 bits per heavy atom. The number of benzene rings is 2. The molecule has 0 spiro atoms. The first-order valence-corrected chi connectivity index (χ1v) is 11.2. The number of hydrogen-bond donors (Lipinski definition) is 3. The molecule has 3 unspecified atom stereocenters. The molecule has 32 heavy (non-hydrogen) atoms. The average Bonchev–Trinajstić information content (AvgIpc) is 3.45. The van der Waals surface area contributed by atoms with Crippen molar-refractivity contribution in [3.8, 4) is 16.9 Å². The van der Waals surface area contributed by atoms with Gasteiger partial charge >= 0.3 is 0 Å². The molecule has 170 valence electrons. The van der Waals surface area contributed by atoms with Crippen molar-refractivity contribution in [1.29, 1.82) is 0 Å². The maximum atomic E-state index is 13.1. The van der Waals surface area contributed by atoms with Crippen LogP contribution < -0.4 is 20.9 Å². The molecule has 7 nitrogen and oxygen atoms in total. The minimum Gasteiger partial charge on any atom is -0.496 e. The normalized spacial score (nSPS) is 25.0. The first-order valence-electron chi connectivity index (χ1n) is 11.2. The Morgan fingerprint density at radius 1 is 1.19 bits per heavy atom. The van der Waals surface area contributed by atoms with Crippen molar-refractivity contribution in [2.75, 3.05) is 33.8 Å². The number of nitrogens with zero attached hydrogens (tertiary/aromatic N) is 1. The smallest absolute Gasteiger partial charge is 0.228 e. The summed E-state index contributed by atoms with van der Waals surface area (Å²) in [4.78, 5) is 27.9. The molecule has 2 heterocycles. The second-order valence-electron chi connectivity index (χ2n) is 8.86. The Balaban J connectivity index is 1.52. The first kappa shape index (κ1) is 22.3. The van der Waals surface area contributed by atoms with Gasteiger partial charge in [0.25, 0.3) is 0 Å². The summed E-state index contributed by atoms with van der Waals surface area (Å²) in [7, 11) is 3.35. The molecule has 3 atom stereocenters. The maximum Gasteiger partial charge on any atom is 0.228 e. The van der Waals surface area contributed by atoms with Crippen molar-refractivity contribution >= 4 is 11.8 Å². The van der Waals surface area contributed by atoms with Crippen molar-refractivity contribution in [1.82, 2.24) is 21.1 Å². The van der Waals surface area contributed by atoms with Crippen molar-refractivity contribution in [3.63, 3.8) is 0 Å². The highest BCUT2D eigenvalue weighted by atomic mass is 16.5. The Bertz CT molecular complexity index is 977. The third-order valence-electron chi connectivity index (χ3n) is 6.86. The summed E-state index contributed by atoms with van der Waals surface area (Å²) in [6.07, 6.45) is 1.26. The number of amides is 2. The molecule has 2 saturated heterocycles. The number of carbonyl (C=O) groups is 2. The van der Waals surface area contributed by atoms with E-state index in [1.165, 1.54) is 0 Å². The molecule has 2 fully saturated rings. The number of rotatable bonds is 6. The molecular weight excluding hydrogens is 404 g/mol. The van der Waals surface area contributed by atoms with Gasteiger partial charge in [-0.15, -0.1) is 0 Å². The van der Waals surface area contributed by atoms with Gasteiger partial charge < -0.3 is 15.0 Å². The Hall–Kier alpha value is -2.90. The summed E-state index contributed by atoms with van der Waals surface area (Å²) in [6, 6.07) is 16.3. The second-order valence-corrected chi connectivity index (χ2v) is 8.86. The fraction of sp³-hybridized carbons (Fsp3) is 0.440. The summed E-state index contributed by atoms with van der Waals surface area (Å²) in [5, 5.41) is 2.84. The molecule has 2 amide bonds. The largest absolute Gasteiger partial charge is 0.496 e. The standard InChI is InChI=1S/C25H32N4O3/c1-17-21(15-27-28-17)23(30)29-13-12-25(16-29,24(31)26-2)14-18-8-10-19(11-9-18)20-6-4-5-7-22(20)32-3/h4-11,17,21,27-28H,12-16H2,1-3H3,(H,26,31). The number of hydrazine groups is 1. The summed E-state index contributed by atoms with van der Waals surface area (Å²) in [6.45, 7) is 3.68. The fourth-order valence-electron chi connectivity index (χ4n) is 4.95. The molecule has 0 bridgehead atoms. The van der Waals surface area contributed by atoms with Crippen molar-refractivity contribution in [3.05, 3.63) is 54.1 Å². The van der Waals surface area contributed by atoms with Crippen LogP contribution in [0.2, 0.25) is 0 Å². The predicted octanol–water partition coefficient (Wildman–Crippen LogP) is 1.98. The lowest BCUT2D eigenvalue weighted by molar-refractivity contribution is -0.135. The van der Waals surface area contributed by atoms with E-state index in [9.17, 15) is 9.59 Å². The lowest BCUT2D eigenvalue weighted by atomic mass is 9.79. The Labute approximate surface area is 189 Å². The van der Waals surface area contributed by atoms with Crippen molar-refractivity contribution in [2.45, 2.75) is 25.8 Å². The van der Waals surface area contributed by atoms with Crippen LogP contribution in [0.25, 0.3) is 11.1 Å². The van der Waals surface area contributed by atoms with E-state index in [1.807, 2.05) is 36.1 Å². The zero-order valence-electron chi connectivity index (χ0n) is 19.0. The highest BCUT2D eigenvalue weighted by Crippen LogP contribution is 2.37. The van der Waals surface area contributed by atoms with Crippen LogP contribution >= 0.6 is 0 Å². The van der Waals surface area contributed by atoms with Gasteiger partial charge in [-0.25, -0.2) is 0 Å². The zero-order chi connectivity index (χ0) is 22.7. The molecule has 2 aliphatic heterocycles. The van der Waals surface area contributed by atoms with Gasteiger partial charge in [0.2, 0.25) is 11.8 Å². The fourth-order valence-corrected chi connectivity index (χ4v) is 4.95. The number of hydrogen-bond acceptors (Lipinski definition) is 5. The molecule has 2 aromatic rings. The van der Waals surface area contributed by atoms with Gasteiger partial charge in [0.1, 0.15) is 5.75 Å². The third kappa shape index (κ3) is 4.23. The second kappa shape index (κ2) is 9.30.